The molecule has 1 N–H and O–H groups in total. The Bertz CT molecular complexity index is 778. The van der Waals surface area contributed by atoms with Gasteiger partial charge in [0.15, 0.2) is 10.8 Å². The maximum Gasteiger partial charge on any atom is 0.277 e. The Morgan fingerprint density at radius 2 is 2.05 bits per heavy atom. The Morgan fingerprint density at radius 1 is 1.27 bits per heavy atom. The van der Waals surface area contributed by atoms with Gasteiger partial charge in [0.05, 0.1) is 5.69 Å². The summed E-state index contributed by atoms with van der Waals surface area (Å²) in [5.41, 5.74) is 2.17. The van der Waals surface area contributed by atoms with Crippen LogP contribution in [0.15, 0.2) is 42.2 Å². The minimum Gasteiger partial charge on any atom is -0.296 e. The van der Waals surface area contributed by atoms with Gasteiger partial charge in [0.2, 0.25) is 0 Å². The second-order valence-corrected chi connectivity index (χ2v) is 5.86. The monoisotopic (exact) mass is 313 g/mol. The van der Waals surface area contributed by atoms with Crippen LogP contribution in [0.1, 0.15) is 30.4 Å². The molecule has 0 aromatic carbocycles. The standard InChI is InChI=1S/C15H15N5OS/c1-10(2)20-8-5-12(19-20)14(21)18-15-17-13(9-22-15)11-3-6-16-7-4-11/h3-10H,1-2H3,(H,17,18,21). The molecule has 0 saturated heterocycles. The number of anilines is 1. The van der Waals surface area contributed by atoms with Crippen molar-refractivity contribution in [3.8, 4) is 11.3 Å². The van der Waals surface area contributed by atoms with Gasteiger partial charge in [-0.3, -0.25) is 19.8 Å². The Morgan fingerprint density at radius 3 is 2.73 bits per heavy atom. The largest absolute Gasteiger partial charge is 0.296 e. The van der Waals surface area contributed by atoms with E-state index < -0.39 is 0 Å². The molecule has 112 valence electrons. The molecular weight excluding hydrogens is 298 g/mol. The Labute approximate surface area is 131 Å². The molecule has 6 nitrogen and oxygen atoms in total. The summed E-state index contributed by atoms with van der Waals surface area (Å²) in [7, 11) is 0. The van der Waals surface area contributed by atoms with E-state index in [1.807, 2.05) is 31.4 Å². The molecule has 3 aromatic rings. The third kappa shape index (κ3) is 3.04. The van der Waals surface area contributed by atoms with Gasteiger partial charge < -0.3 is 0 Å². The number of hydrogen-bond acceptors (Lipinski definition) is 5. The van der Waals surface area contributed by atoms with Gasteiger partial charge in [-0.2, -0.15) is 5.10 Å². The summed E-state index contributed by atoms with van der Waals surface area (Å²) < 4.78 is 1.75. The fraction of sp³-hybridized carbons (Fsp3) is 0.200. The van der Waals surface area contributed by atoms with Crippen molar-refractivity contribution in [1.82, 2.24) is 19.7 Å². The molecule has 22 heavy (non-hydrogen) atoms. The number of carbonyl (C=O) groups is 1. The van der Waals surface area contributed by atoms with E-state index in [1.165, 1.54) is 11.3 Å². The highest BCUT2D eigenvalue weighted by Gasteiger charge is 2.13. The molecule has 0 aliphatic heterocycles. The Balaban J connectivity index is 1.73. The summed E-state index contributed by atoms with van der Waals surface area (Å²) in [6.07, 6.45) is 5.22. The van der Waals surface area contributed by atoms with Crippen molar-refractivity contribution in [1.29, 1.82) is 0 Å². The van der Waals surface area contributed by atoms with Crippen molar-refractivity contribution in [3.63, 3.8) is 0 Å². The summed E-state index contributed by atoms with van der Waals surface area (Å²) in [5, 5.41) is 9.47. The van der Waals surface area contributed by atoms with Crippen LogP contribution in [0.2, 0.25) is 0 Å². The number of nitrogens with zero attached hydrogens (tertiary/aromatic N) is 4. The number of hydrogen-bond donors (Lipinski definition) is 1. The molecule has 1 amide bonds. The summed E-state index contributed by atoms with van der Waals surface area (Å²) in [4.78, 5) is 20.6. The van der Waals surface area contributed by atoms with Crippen molar-refractivity contribution >= 4 is 22.4 Å². The zero-order valence-corrected chi connectivity index (χ0v) is 13.0. The van der Waals surface area contributed by atoms with Crippen LogP contribution in [-0.4, -0.2) is 25.7 Å². The van der Waals surface area contributed by atoms with Crippen LogP contribution in [0, 0.1) is 0 Å². The maximum absolute atomic E-state index is 12.2. The van der Waals surface area contributed by atoms with E-state index in [-0.39, 0.29) is 11.9 Å². The zero-order chi connectivity index (χ0) is 15.5. The molecule has 0 unspecified atom stereocenters. The van der Waals surface area contributed by atoms with Crippen LogP contribution in [0.3, 0.4) is 0 Å². The van der Waals surface area contributed by atoms with E-state index in [1.54, 1.807) is 29.3 Å². The second-order valence-electron chi connectivity index (χ2n) is 5.00. The summed E-state index contributed by atoms with van der Waals surface area (Å²) in [6.45, 7) is 4.02. The Hall–Kier alpha value is -2.54. The van der Waals surface area contributed by atoms with Crippen LogP contribution in [-0.2, 0) is 0 Å². The lowest BCUT2D eigenvalue weighted by atomic mass is 10.2. The van der Waals surface area contributed by atoms with Gasteiger partial charge in [-0.1, -0.05) is 0 Å². The molecule has 0 aliphatic rings. The van der Waals surface area contributed by atoms with Crippen molar-refractivity contribution in [3.05, 3.63) is 47.9 Å². The first-order valence-electron chi connectivity index (χ1n) is 6.86. The minimum absolute atomic E-state index is 0.222. The second kappa shape index (κ2) is 6.07. The van der Waals surface area contributed by atoms with Crippen LogP contribution in [0.4, 0.5) is 5.13 Å². The van der Waals surface area contributed by atoms with E-state index >= 15 is 0 Å². The molecule has 3 heterocycles. The van der Waals surface area contributed by atoms with Crippen molar-refractivity contribution < 1.29 is 4.79 Å². The smallest absolute Gasteiger partial charge is 0.277 e. The molecule has 0 spiro atoms. The summed E-state index contributed by atoms with van der Waals surface area (Å²) in [6, 6.07) is 5.68. The lowest BCUT2D eigenvalue weighted by Gasteiger charge is -2.03. The van der Waals surface area contributed by atoms with Crippen LogP contribution >= 0.6 is 11.3 Å². The molecule has 0 bridgehead atoms. The van der Waals surface area contributed by atoms with Gasteiger partial charge >= 0.3 is 0 Å². The molecule has 3 rings (SSSR count). The normalized spacial score (nSPS) is 10.9. The van der Waals surface area contributed by atoms with Gasteiger partial charge in [0.25, 0.3) is 5.91 Å². The fourth-order valence-corrected chi connectivity index (χ4v) is 2.61. The number of rotatable bonds is 4. The van der Waals surface area contributed by atoms with Gasteiger partial charge in [-0.15, -0.1) is 11.3 Å². The molecule has 0 atom stereocenters. The highest BCUT2D eigenvalue weighted by Crippen LogP contribution is 2.24. The average Bonchev–Trinajstić information content (AvgIpc) is 3.17. The van der Waals surface area contributed by atoms with E-state index in [4.69, 9.17) is 0 Å². The first kappa shape index (κ1) is 14.4. The molecule has 0 saturated carbocycles. The van der Waals surface area contributed by atoms with Crippen LogP contribution in [0.5, 0.6) is 0 Å². The topological polar surface area (TPSA) is 72.7 Å². The number of carbonyl (C=O) groups excluding carboxylic acids is 1. The summed E-state index contributed by atoms with van der Waals surface area (Å²) in [5.74, 6) is -0.255. The van der Waals surface area contributed by atoms with E-state index in [2.05, 4.69) is 20.4 Å². The molecule has 3 aromatic heterocycles. The van der Waals surface area contributed by atoms with Gasteiger partial charge in [-0.05, 0) is 32.0 Å². The van der Waals surface area contributed by atoms with Gasteiger partial charge in [0.1, 0.15) is 0 Å². The predicted molar refractivity (Wildman–Crippen MR) is 85.9 cm³/mol. The van der Waals surface area contributed by atoms with Gasteiger partial charge in [-0.25, -0.2) is 4.98 Å². The highest BCUT2D eigenvalue weighted by atomic mass is 32.1. The number of amides is 1. The maximum atomic E-state index is 12.2. The van der Waals surface area contributed by atoms with Gasteiger partial charge in [0, 0.05) is 35.6 Å². The molecule has 7 heteroatoms. The molecular formula is C15H15N5OS. The number of thiazole rings is 1. The number of aromatic nitrogens is 4. The van der Waals surface area contributed by atoms with E-state index in [0.717, 1.165) is 11.3 Å². The third-order valence-corrected chi connectivity index (χ3v) is 3.83. The number of pyridine rings is 1. The lowest BCUT2D eigenvalue weighted by molar-refractivity contribution is 0.102. The third-order valence-electron chi connectivity index (χ3n) is 3.07. The first-order chi connectivity index (χ1) is 10.6. The average molecular weight is 313 g/mol. The molecule has 0 fully saturated rings. The van der Waals surface area contributed by atoms with E-state index in [9.17, 15) is 4.79 Å². The first-order valence-corrected chi connectivity index (χ1v) is 7.74. The summed E-state index contributed by atoms with van der Waals surface area (Å²) >= 11 is 1.38. The van der Waals surface area contributed by atoms with E-state index in [0.29, 0.717) is 10.8 Å². The predicted octanol–water partition coefficient (Wildman–Crippen LogP) is 3.23. The number of nitrogens with one attached hydrogen (secondary N) is 1. The molecule has 0 radical (unpaired) electrons. The quantitative estimate of drug-likeness (QED) is 0.802. The van der Waals surface area contributed by atoms with Crippen LogP contribution < -0.4 is 5.32 Å². The zero-order valence-electron chi connectivity index (χ0n) is 12.2. The van der Waals surface area contributed by atoms with Crippen molar-refractivity contribution in [2.45, 2.75) is 19.9 Å². The SMILES string of the molecule is CC(C)n1ccc(C(=O)Nc2nc(-c3ccncc3)cs2)n1. The Kier molecular flexibility index (Phi) is 3.97. The fourth-order valence-electron chi connectivity index (χ4n) is 1.89. The highest BCUT2D eigenvalue weighted by molar-refractivity contribution is 7.14. The van der Waals surface area contributed by atoms with Crippen LogP contribution in [0.25, 0.3) is 11.3 Å². The van der Waals surface area contributed by atoms with Crippen molar-refractivity contribution in [2.24, 2.45) is 0 Å². The van der Waals surface area contributed by atoms with Crippen molar-refractivity contribution in [2.75, 3.05) is 5.32 Å². The molecule has 0 aliphatic carbocycles. The minimum atomic E-state index is -0.255. The lowest BCUT2D eigenvalue weighted by Crippen LogP contribution is -2.13.